The molecule has 0 atom stereocenters. The molecule has 27 heavy (non-hydrogen) atoms. The molecule has 138 valence electrons. The minimum absolute atomic E-state index is 0.161. The molecule has 0 aliphatic heterocycles. The van der Waals surface area contributed by atoms with Crippen LogP contribution in [0.3, 0.4) is 0 Å². The Hall–Kier alpha value is -3.13. The van der Waals surface area contributed by atoms with E-state index in [2.05, 4.69) is 20.3 Å². The van der Waals surface area contributed by atoms with Gasteiger partial charge in [-0.1, -0.05) is 29.5 Å². The van der Waals surface area contributed by atoms with E-state index >= 15 is 0 Å². The van der Waals surface area contributed by atoms with Crippen molar-refractivity contribution in [2.45, 2.75) is 17.7 Å². The van der Waals surface area contributed by atoms with E-state index in [0.717, 1.165) is 5.56 Å². The van der Waals surface area contributed by atoms with E-state index in [9.17, 15) is 9.59 Å². The second-order valence-corrected chi connectivity index (χ2v) is 6.62. The van der Waals surface area contributed by atoms with E-state index in [4.69, 9.17) is 4.42 Å². The Morgan fingerprint density at radius 3 is 2.52 bits per heavy atom. The van der Waals surface area contributed by atoms with Crippen LogP contribution >= 0.6 is 11.8 Å². The molecule has 0 radical (unpaired) electrons. The summed E-state index contributed by atoms with van der Waals surface area (Å²) in [7, 11) is 1.30. The summed E-state index contributed by atoms with van der Waals surface area (Å²) in [5.41, 5.74) is 1.64. The van der Waals surface area contributed by atoms with Gasteiger partial charge in [0.15, 0.2) is 5.82 Å². The average Bonchev–Trinajstić information content (AvgIpc) is 3.16. The second-order valence-electron chi connectivity index (χ2n) is 5.62. The van der Waals surface area contributed by atoms with Crippen molar-refractivity contribution in [1.29, 1.82) is 0 Å². The number of nitrogens with one attached hydrogen (secondary N) is 1. The van der Waals surface area contributed by atoms with Crippen molar-refractivity contribution in [2.24, 2.45) is 0 Å². The molecule has 0 bridgehead atoms. The molecule has 0 fully saturated rings. The van der Waals surface area contributed by atoms with Gasteiger partial charge < -0.3 is 14.5 Å². The van der Waals surface area contributed by atoms with Crippen molar-refractivity contribution in [2.75, 3.05) is 12.4 Å². The summed E-state index contributed by atoms with van der Waals surface area (Å²) in [6.45, 7) is 1.96. The summed E-state index contributed by atoms with van der Waals surface area (Å²) in [5, 5.41) is 11.5. The van der Waals surface area contributed by atoms with Gasteiger partial charge in [0.05, 0.1) is 12.9 Å². The fourth-order valence-electron chi connectivity index (χ4n) is 2.17. The van der Waals surface area contributed by atoms with Gasteiger partial charge in [-0.2, -0.15) is 0 Å². The number of thioether (sulfide) groups is 1. The van der Waals surface area contributed by atoms with Crippen molar-refractivity contribution in [3.8, 4) is 0 Å². The number of nitrogens with zero attached hydrogens (tertiary/aromatic N) is 2. The van der Waals surface area contributed by atoms with Gasteiger partial charge in [-0.3, -0.25) is 4.79 Å². The molecule has 1 aromatic carbocycles. The predicted molar refractivity (Wildman–Crippen MR) is 101 cm³/mol. The first kappa shape index (κ1) is 18.7. The highest BCUT2D eigenvalue weighted by atomic mass is 32.2. The largest absolute Gasteiger partial charge is 0.463 e. The number of furan rings is 1. The summed E-state index contributed by atoms with van der Waals surface area (Å²) in [4.78, 5) is 23.5. The summed E-state index contributed by atoms with van der Waals surface area (Å²) in [6, 6.07) is 14.0. The molecular formula is C19H17N3O4S. The van der Waals surface area contributed by atoms with Crippen molar-refractivity contribution in [1.82, 2.24) is 10.2 Å². The third-order valence-corrected chi connectivity index (χ3v) is 4.55. The molecule has 0 spiro atoms. The first-order valence-corrected chi connectivity index (χ1v) is 9.05. The quantitative estimate of drug-likeness (QED) is 0.512. The number of anilines is 1. The zero-order valence-electron chi connectivity index (χ0n) is 14.8. The highest BCUT2D eigenvalue weighted by molar-refractivity contribution is 7.98. The lowest BCUT2D eigenvalue weighted by atomic mass is 10.1. The molecule has 0 saturated heterocycles. The van der Waals surface area contributed by atoms with Crippen LogP contribution in [0.2, 0.25) is 0 Å². The number of carbonyl (C=O) groups is 2. The zero-order chi connectivity index (χ0) is 19.2. The van der Waals surface area contributed by atoms with Gasteiger partial charge in [-0.05, 0) is 43.3 Å². The average molecular weight is 383 g/mol. The van der Waals surface area contributed by atoms with Gasteiger partial charge in [0.2, 0.25) is 5.76 Å². The van der Waals surface area contributed by atoms with E-state index < -0.39 is 5.97 Å². The molecule has 0 aliphatic rings. The van der Waals surface area contributed by atoms with E-state index in [1.807, 2.05) is 19.1 Å². The second kappa shape index (κ2) is 8.50. The van der Waals surface area contributed by atoms with Crippen molar-refractivity contribution < 1.29 is 18.7 Å². The number of ether oxygens (including phenoxy) is 1. The van der Waals surface area contributed by atoms with Crippen molar-refractivity contribution >= 4 is 29.5 Å². The number of amides is 1. The summed E-state index contributed by atoms with van der Waals surface area (Å²) in [5.74, 6) is 0.888. The summed E-state index contributed by atoms with van der Waals surface area (Å²) in [6.07, 6.45) is 0. The smallest absolute Gasteiger partial charge is 0.373 e. The van der Waals surface area contributed by atoms with Crippen molar-refractivity contribution in [3.05, 3.63) is 71.2 Å². The number of hydrogen-bond acceptors (Lipinski definition) is 7. The molecule has 0 saturated carbocycles. The molecule has 3 rings (SSSR count). The first-order chi connectivity index (χ1) is 13.0. The molecule has 2 heterocycles. The lowest BCUT2D eigenvalue weighted by molar-refractivity contribution is 0.0563. The molecule has 0 unspecified atom stereocenters. The molecule has 0 aliphatic carbocycles. The molecule has 1 N–H and O–H groups in total. The van der Waals surface area contributed by atoms with Crippen LogP contribution in [-0.4, -0.2) is 29.2 Å². The molecule has 1 amide bonds. The Morgan fingerprint density at radius 1 is 1.07 bits per heavy atom. The number of benzene rings is 1. The molecular weight excluding hydrogens is 366 g/mol. The van der Waals surface area contributed by atoms with Crippen LogP contribution in [0.5, 0.6) is 0 Å². The maximum Gasteiger partial charge on any atom is 0.373 e. The monoisotopic (exact) mass is 383 g/mol. The van der Waals surface area contributed by atoms with E-state index in [1.54, 1.807) is 36.4 Å². The van der Waals surface area contributed by atoms with Crippen LogP contribution in [-0.2, 0) is 10.5 Å². The topological polar surface area (TPSA) is 94.3 Å². The van der Waals surface area contributed by atoms with Gasteiger partial charge in [-0.25, -0.2) is 4.79 Å². The third-order valence-electron chi connectivity index (χ3n) is 3.61. The van der Waals surface area contributed by atoms with Crippen LogP contribution < -0.4 is 5.32 Å². The number of rotatable bonds is 6. The van der Waals surface area contributed by atoms with Crippen LogP contribution in [0, 0.1) is 6.92 Å². The Balaban J connectivity index is 1.55. The lowest BCUT2D eigenvalue weighted by Crippen LogP contribution is -2.13. The molecule has 7 nitrogen and oxygen atoms in total. The Bertz CT molecular complexity index is 936. The molecule has 3 aromatic rings. The van der Waals surface area contributed by atoms with Crippen LogP contribution in [0.15, 0.2) is 58.0 Å². The normalized spacial score (nSPS) is 10.4. The maximum absolute atomic E-state index is 12.2. The Morgan fingerprint density at radius 2 is 1.85 bits per heavy atom. The van der Waals surface area contributed by atoms with Gasteiger partial charge in [-0.15, -0.1) is 10.2 Å². The third kappa shape index (κ3) is 4.95. The van der Waals surface area contributed by atoms with Crippen LogP contribution in [0.1, 0.15) is 32.2 Å². The van der Waals surface area contributed by atoms with E-state index in [0.29, 0.717) is 27.9 Å². The first-order valence-electron chi connectivity index (χ1n) is 8.07. The zero-order valence-corrected chi connectivity index (χ0v) is 15.6. The number of hydrogen-bond donors (Lipinski definition) is 1. The van der Waals surface area contributed by atoms with Gasteiger partial charge in [0.1, 0.15) is 10.8 Å². The summed E-state index contributed by atoms with van der Waals surface area (Å²) < 4.78 is 9.99. The Kier molecular flexibility index (Phi) is 5.87. The lowest BCUT2D eigenvalue weighted by Gasteiger charge is -2.05. The number of esters is 1. The van der Waals surface area contributed by atoms with Gasteiger partial charge in [0.25, 0.3) is 5.91 Å². The van der Waals surface area contributed by atoms with Crippen molar-refractivity contribution in [3.63, 3.8) is 0 Å². The maximum atomic E-state index is 12.2. The number of aromatic nitrogens is 2. The van der Waals surface area contributed by atoms with E-state index in [1.165, 1.54) is 18.9 Å². The molecule has 2 aromatic heterocycles. The minimum atomic E-state index is -0.514. The highest BCUT2D eigenvalue weighted by Gasteiger charge is 2.12. The number of carbonyl (C=O) groups excluding carboxylic acids is 2. The standard InChI is InChI=1S/C19H17N3O4S/c1-12-3-5-13(6-4-12)18(23)20-16-9-10-17(22-21-16)27-11-14-7-8-15(26-14)19(24)25-2/h3-10H,11H2,1-2H3,(H,20,21,23). The van der Waals surface area contributed by atoms with Gasteiger partial charge >= 0.3 is 5.97 Å². The number of aryl methyl sites for hydroxylation is 1. The van der Waals surface area contributed by atoms with Crippen LogP contribution in [0.25, 0.3) is 0 Å². The van der Waals surface area contributed by atoms with Crippen LogP contribution in [0.4, 0.5) is 5.82 Å². The Labute approximate surface area is 160 Å². The van der Waals surface area contributed by atoms with Gasteiger partial charge in [0, 0.05) is 5.56 Å². The van der Waals surface area contributed by atoms with E-state index in [-0.39, 0.29) is 11.7 Å². The fourth-order valence-corrected chi connectivity index (χ4v) is 2.88. The number of methoxy groups -OCH3 is 1. The fraction of sp³-hybridized carbons (Fsp3) is 0.158. The molecule has 8 heteroatoms. The SMILES string of the molecule is COC(=O)c1ccc(CSc2ccc(NC(=O)c3ccc(C)cc3)nn2)o1. The predicted octanol–water partition coefficient (Wildman–Crippen LogP) is 3.71. The summed E-state index contributed by atoms with van der Waals surface area (Å²) >= 11 is 1.40. The highest BCUT2D eigenvalue weighted by Crippen LogP contribution is 2.22. The minimum Gasteiger partial charge on any atom is -0.463 e.